The van der Waals surface area contributed by atoms with E-state index in [1.54, 1.807) is 60.8 Å². The summed E-state index contributed by atoms with van der Waals surface area (Å²) < 4.78 is 14.5. The van der Waals surface area contributed by atoms with E-state index in [1.165, 1.54) is 0 Å². The first kappa shape index (κ1) is 20.5. The van der Waals surface area contributed by atoms with Crippen molar-refractivity contribution in [2.45, 2.75) is 33.1 Å². The van der Waals surface area contributed by atoms with E-state index < -0.39 is 5.41 Å². The molecule has 0 aromatic carbocycles. The van der Waals surface area contributed by atoms with Crippen LogP contribution in [0.3, 0.4) is 0 Å². The lowest BCUT2D eigenvalue weighted by molar-refractivity contribution is 0.385. The summed E-state index contributed by atoms with van der Waals surface area (Å²) in [6.07, 6.45) is 10.1. The number of aryl methyl sites for hydroxylation is 2. The number of rotatable bonds is 6. The summed E-state index contributed by atoms with van der Waals surface area (Å²) in [5.74, 6) is 2.46. The van der Waals surface area contributed by atoms with Crippen molar-refractivity contribution in [3.8, 4) is 23.4 Å². The van der Waals surface area contributed by atoms with E-state index in [0.717, 1.165) is 22.8 Å². The van der Waals surface area contributed by atoms with Gasteiger partial charge in [-0.1, -0.05) is 0 Å². The Kier molecular flexibility index (Phi) is 5.14. The fourth-order valence-corrected chi connectivity index (χ4v) is 3.35. The third-order valence-corrected chi connectivity index (χ3v) is 5.20. The van der Waals surface area contributed by atoms with Crippen LogP contribution in [0.2, 0.25) is 0 Å². The number of nitrogens with zero attached hydrogens (tertiary/aromatic N) is 8. The van der Waals surface area contributed by atoms with Gasteiger partial charge >= 0.3 is 0 Å². The zero-order chi connectivity index (χ0) is 22.2. The van der Waals surface area contributed by atoms with Crippen LogP contribution in [0.25, 0.3) is 11.6 Å². The first-order valence-corrected chi connectivity index (χ1v) is 9.68. The smallest absolute Gasteiger partial charge is 0.222 e. The van der Waals surface area contributed by atoms with Crippen LogP contribution >= 0.6 is 0 Å². The van der Waals surface area contributed by atoms with Gasteiger partial charge in [0.1, 0.15) is 12.7 Å². The molecule has 0 spiro atoms. The lowest BCUT2D eigenvalue weighted by Crippen LogP contribution is -2.24. The molecular formula is C21H24N8O2. The van der Waals surface area contributed by atoms with E-state index in [1.807, 2.05) is 27.7 Å². The molecule has 0 bridgehead atoms. The lowest BCUT2D eigenvalue weighted by Gasteiger charge is -2.24. The van der Waals surface area contributed by atoms with E-state index in [9.17, 15) is 0 Å². The zero-order valence-corrected chi connectivity index (χ0v) is 18.4. The van der Waals surface area contributed by atoms with Crippen molar-refractivity contribution in [1.82, 2.24) is 39.0 Å². The molecule has 4 aromatic heterocycles. The van der Waals surface area contributed by atoms with Crippen LogP contribution in [0.4, 0.5) is 0 Å². The predicted molar refractivity (Wildman–Crippen MR) is 113 cm³/mol. The Morgan fingerprint density at radius 1 is 0.710 bits per heavy atom. The lowest BCUT2D eigenvalue weighted by atomic mass is 9.86. The molecule has 0 saturated heterocycles. The van der Waals surface area contributed by atoms with Gasteiger partial charge in [-0.15, -0.1) is 0 Å². The highest BCUT2D eigenvalue weighted by atomic mass is 16.5. The molecule has 0 amide bonds. The van der Waals surface area contributed by atoms with E-state index in [0.29, 0.717) is 23.4 Å². The van der Waals surface area contributed by atoms with Gasteiger partial charge in [0.25, 0.3) is 0 Å². The molecule has 31 heavy (non-hydrogen) atoms. The van der Waals surface area contributed by atoms with Crippen molar-refractivity contribution in [3.05, 3.63) is 60.2 Å². The monoisotopic (exact) mass is 420 g/mol. The minimum atomic E-state index is -0.572. The minimum absolute atomic E-state index is 0.572. The topological polar surface area (TPSA) is 106 Å². The first-order chi connectivity index (χ1) is 14.9. The maximum absolute atomic E-state index is 5.46. The summed E-state index contributed by atoms with van der Waals surface area (Å²) in [6.45, 7) is 7.82. The number of methoxy groups -OCH3 is 2. The third-order valence-electron chi connectivity index (χ3n) is 5.20. The van der Waals surface area contributed by atoms with E-state index >= 15 is 0 Å². The van der Waals surface area contributed by atoms with Gasteiger partial charge in [-0.3, -0.25) is 19.1 Å². The molecule has 4 rings (SSSR count). The molecule has 4 aromatic rings. The molecule has 0 aliphatic carbocycles. The Hall–Kier alpha value is -3.82. The highest BCUT2D eigenvalue weighted by Gasteiger charge is 2.29. The summed E-state index contributed by atoms with van der Waals surface area (Å²) in [7, 11) is 3.21. The van der Waals surface area contributed by atoms with E-state index in [4.69, 9.17) is 19.4 Å². The van der Waals surface area contributed by atoms with Gasteiger partial charge in [-0.25, -0.2) is 19.9 Å². The maximum Gasteiger partial charge on any atom is 0.222 e. The van der Waals surface area contributed by atoms with Crippen molar-refractivity contribution in [3.63, 3.8) is 0 Å². The van der Waals surface area contributed by atoms with Crippen molar-refractivity contribution in [2.75, 3.05) is 14.2 Å². The Balaban J connectivity index is 1.76. The molecular weight excluding hydrogens is 396 g/mol. The Morgan fingerprint density at radius 3 is 1.52 bits per heavy atom. The largest absolute Gasteiger partial charge is 0.481 e. The molecule has 0 unspecified atom stereocenters. The van der Waals surface area contributed by atoms with Gasteiger partial charge in [-0.2, -0.15) is 0 Å². The highest BCUT2D eigenvalue weighted by Crippen LogP contribution is 2.30. The minimum Gasteiger partial charge on any atom is -0.481 e. The first-order valence-electron chi connectivity index (χ1n) is 9.68. The summed E-state index contributed by atoms with van der Waals surface area (Å²) >= 11 is 0. The Labute approximate surface area is 180 Å². The van der Waals surface area contributed by atoms with Crippen LogP contribution in [0, 0.1) is 13.8 Å². The van der Waals surface area contributed by atoms with Gasteiger partial charge in [0, 0.05) is 12.4 Å². The van der Waals surface area contributed by atoms with Gasteiger partial charge in [0.15, 0.2) is 11.6 Å². The van der Waals surface area contributed by atoms with Gasteiger partial charge in [0.05, 0.1) is 54.8 Å². The van der Waals surface area contributed by atoms with E-state index in [2.05, 4.69) is 19.9 Å². The van der Waals surface area contributed by atoms with Crippen LogP contribution < -0.4 is 9.47 Å². The predicted octanol–water partition coefficient (Wildman–Crippen LogP) is 2.60. The molecule has 0 fully saturated rings. The molecule has 10 nitrogen and oxygen atoms in total. The van der Waals surface area contributed by atoms with Crippen molar-refractivity contribution >= 4 is 0 Å². The quantitative estimate of drug-likeness (QED) is 0.469. The normalized spacial score (nSPS) is 11.5. The standard InChI is InChI=1S/C21H24N8O2/c1-13-19(30-5)28(11-24-13)17-9-22-7-15(26-17)21(3,4)16-8-23-10-18(27-16)29-12-25-14(2)20(29)31-6/h7-12H,1-6H3. The second kappa shape index (κ2) is 7.78. The van der Waals surface area contributed by atoms with E-state index in [-0.39, 0.29) is 0 Å². The highest BCUT2D eigenvalue weighted by molar-refractivity contribution is 5.36. The third kappa shape index (κ3) is 3.49. The van der Waals surface area contributed by atoms with Crippen molar-refractivity contribution in [1.29, 1.82) is 0 Å². The average Bonchev–Trinajstić information content (AvgIpc) is 3.35. The zero-order valence-electron chi connectivity index (χ0n) is 18.4. The Bertz CT molecular complexity index is 1130. The number of aromatic nitrogens is 8. The van der Waals surface area contributed by atoms with Crippen LogP contribution in [-0.4, -0.2) is 53.3 Å². The SMILES string of the molecule is COc1c(C)ncn1-c1cncc(C(C)(C)c2cncc(-n3cnc(C)c3OC)n2)n1. The molecule has 0 saturated carbocycles. The summed E-state index contributed by atoms with van der Waals surface area (Å²) in [5, 5.41) is 0. The molecule has 10 heteroatoms. The molecule has 0 N–H and O–H groups in total. The van der Waals surface area contributed by atoms with Crippen molar-refractivity contribution in [2.24, 2.45) is 0 Å². The van der Waals surface area contributed by atoms with Crippen LogP contribution in [-0.2, 0) is 5.41 Å². The molecule has 0 radical (unpaired) electrons. The maximum atomic E-state index is 5.46. The fourth-order valence-electron chi connectivity index (χ4n) is 3.35. The summed E-state index contributed by atoms with van der Waals surface area (Å²) in [6, 6.07) is 0. The number of ether oxygens (including phenoxy) is 2. The van der Waals surface area contributed by atoms with Gasteiger partial charge in [0.2, 0.25) is 11.8 Å². The molecule has 0 aliphatic rings. The number of hydrogen-bond donors (Lipinski definition) is 0. The molecule has 0 aliphatic heterocycles. The average molecular weight is 420 g/mol. The van der Waals surface area contributed by atoms with Crippen LogP contribution in [0.15, 0.2) is 37.4 Å². The fraction of sp³-hybridized carbons (Fsp3) is 0.333. The van der Waals surface area contributed by atoms with Gasteiger partial charge in [-0.05, 0) is 27.7 Å². The molecule has 160 valence electrons. The summed E-state index contributed by atoms with van der Waals surface area (Å²) in [5.41, 5.74) is 2.45. The number of imidazole rings is 2. The van der Waals surface area contributed by atoms with Crippen LogP contribution in [0.5, 0.6) is 11.8 Å². The summed E-state index contributed by atoms with van der Waals surface area (Å²) in [4.78, 5) is 27.1. The molecule has 0 atom stereocenters. The second-order valence-corrected chi connectivity index (χ2v) is 7.57. The molecule has 4 heterocycles. The van der Waals surface area contributed by atoms with Crippen molar-refractivity contribution < 1.29 is 9.47 Å². The Morgan fingerprint density at radius 2 is 1.13 bits per heavy atom. The van der Waals surface area contributed by atoms with Gasteiger partial charge < -0.3 is 9.47 Å². The van der Waals surface area contributed by atoms with Crippen LogP contribution in [0.1, 0.15) is 36.6 Å². The second-order valence-electron chi connectivity index (χ2n) is 7.57. The number of hydrogen-bond acceptors (Lipinski definition) is 8.